The Hall–Kier alpha value is -2.01. The van der Waals surface area contributed by atoms with E-state index >= 15 is 0 Å². The fraction of sp³-hybridized carbons (Fsp3) is 0.125. The molecule has 0 aliphatic heterocycles. The predicted octanol–water partition coefficient (Wildman–Crippen LogP) is 4.20. The molecule has 0 saturated carbocycles. The first-order chi connectivity index (χ1) is 10.1. The van der Waals surface area contributed by atoms with E-state index in [0.717, 1.165) is 27.0 Å². The van der Waals surface area contributed by atoms with Crippen LogP contribution in [0, 0.1) is 12.7 Å². The number of benzene rings is 1. The average molecular weight is 346 g/mol. The Morgan fingerprint density at radius 3 is 2.62 bits per heavy atom. The summed E-state index contributed by atoms with van der Waals surface area (Å²) in [4.78, 5) is 4.12. The van der Waals surface area contributed by atoms with Gasteiger partial charge in [-0.2, -0.15) is 5.10 Å². The number of aromatic nitrogens is 3. The van der Waals surface area contributed by atoms with E-state index in [9.17, 15) is 4.39 Å². The number of rotatable bonds is 3. The Morgan fingerprint density at radius 1 is 1.19 bits per heavy atom. The van der Waals surface area contributed by atoms with Crippen molar-refractivity contribution in [2.45, 2.75) is 13.5 Å². The van der Waals surface area contributed by atoms with Gasteiger partial charge in [0.2, 0.25) is 0 Å². The van der Waals surface area contributed by atoms with Crippen LogP contribution in [0.15, 0.2) is 53.3 Å². The van der Waals surface area contributed by atoms with Crippen LogP contribution in [-0.2, 0) is 6.54 Å². The standard InChI is InChI=1S/C16H13BrFN3/c1-11-15(17)16(13-4-6-14(18)7-5-13)21(20-11)10-12-3-2-8-19-9-12/h2-9H,10H2,1H3. The summed E-state index contributed by atoms with van der Waals surface area (Å²) in [5, 5.41) is 4.55. The fourth-order valence-corrected chi connectivity index (χ4v) is 2.74. The van der Waals surface area contributed by atoms with E-state index in [4.69, 9.17) is 0 Å². The van der Waals surface area contributed by atoms with Crippen molar-refractivity contribution in [1.29, 1.82) is 0 Å². The molecule has 2 heterocycles. The summed E-state index contributed by atoms with van der Waals surface area (Å²) in [7, 11) is 0. The minimum absolute atomic E-state index is 0.245. The zero-order chi connectivity index (χ0) is 14.8. The second-order valence-electron chi connectivity index (χ2n) is 4.77. The number of nitrogens with zero attached hydrogens (tertiary/aromatic N) is 3. The first-order valence-corrected chi connectivity index (χ1v) is 7.32. The molecule has 0 atom stereocenters. The maximum atomic E-state index is 13.1. The molecule has 0 N–H and O–H groups in total. The SMILES string of the molecule is Cc1nn(Cc2cccnc2)c(-c2ccc(F)cc2)c1Br. The van der Waals surface area contributed by atoms with Gasteiger partial charge in [-0.15, -0.1) is 0 Å². The normalized spacial score (nSPS) is 10.8. The lowest BCUT2D eigenvalue weighted by Gasteiger charge is -2.08. The zero-order valence-corrected chi connectivity index (χ0v) is 13.0. The Morgan fingerprint density at radius 2 is 1.95 bits per heavy atom. The van der Waals surface area contributed by atoms with E-state index in [2.05, 4.69) is 26.0 Å². The van der Waals surface area contributed by atoms with E-state index in [-0.39, 0.29) is 5.82 Å². The molecule has 0 bridgehead atoms. The molecule has 3 rings (SSSR count). The van der Waals surface area contributed by atoms with Crippen LogP contribution in [-0.4, -0.2) is 14.8 Å². The van der Waals surface area contributed by atoms with E-state index in [1.165, 1.54) is 12.1 Å². The number of aryl methyl sites for hydroxylation is 1. The van der Waals surface area contributed by atoms with Gasteiger partial charge in [0.25, 0.3) is 0 Å². The summed E-state index contributed by atoms with van der Waals surface area (Å²) in [6, 6.07) is 10.3. The van der Waals surface area contributed by atoms with Gasteiger partial charge in [-0.05, 0) is 58.7 Å². The summed E-state index contributed by atoms with van der Waals surface area (Å²) in [6.07, 6.45) is 3.56. The van der Waals surface area contributed by atoms with Crippen molar-refractivity contribution in [2.75, 3.05) is 0 Å². The quantitative estimate of drug-likeness (QED) is 0.712. The van der Waals surface area contributed by atoms with Crippen LogP contribution in [0.1, 0.15) is 11.3 Å². The molecule has 0 radical (unpaired) electrons. The highest BCUT2D eigenvalue weighted by Gasteiger charge is 2.15. The third-order valence-electron chi connectivity index (χ3n) is 3.23. The van der Waals surface area contributed by atoms with Crippen molar-refractivity contribution >= 4 is 15.9 Å². The van der Waals surface area contributed by atoms with Crippen LogP contribution in [0.3, 0.4) is 0 Å². The Balaban J connectivity index is 2.05. The number of hydrogen-bond donors (Lipinski definition) is 0. The van der Waals surface area contributed by atoms with E-state index in [1.54, 1.807) is 18.3 Å². The Labute approximate surface area is 130 Å². The van der Waals surface area contributed by atoms with E-state index in [0.29, 0.717) is 6.54 Å². The van der Waals surface area contributed by atoms with Crippen LogP contribution in [0.4, 0.5) is 4.39 Å². The number of halogens is 2. The average Bonchev–Trinajstić information content (AvgIpc) is 2.76. The maximum Gasteiger partial charge on any atom is 0.123 e. The highest BCUT2D eigenvalue weighted by Crippen LogP contribution is 2.31. The highest BCUT2D eigenvalue weighted by atomic mass is 79.9. The second kappa shape index (κ2) is 5.77. The molecule has 0 aliphatic carbocycles. The molecule has 0 spiro atoms. The second-order valence-corrected chi connectivity index (χ2v) is 5.57. The van der Waals surface area contributed by atoms with Crippen molar-refractivity contribution in [3.8, 4) is 11.3 Å². The molecule has 3 aromatic rings. The molecule has 0 fully saturated rings. The minimum Gasteiger partial charge on any atom is -0.264 e. The van der Waals surface area contributed by atoms with Crippen molar-refractivity contribution < 1.29 is 4.39 Å². The van der Waals surface area contributed by atoms with Crippen LogP contribution >= 0.6 is 15.9 Å². The Bertz CT molecular complexity index is 751. The van der Waals surface area contributed by atoms with Crippen LogP contribution in [0.25, 0.3) is 11.3 Å². The van der Waals surface area contributed by atoms with Gasteiger partial charge in [0.05, 0.1) is 22.4 Å². The van der Waals surface area contributed by atoms with Gasteiger partial charge in [0.1, 0.15) is 5.82 Å². The molecular formula is C16H13BrFN3. The van der Waals surface area contributed by atoms with Gasteiger partial charge >= 0.3 is 0 Å². The monoisotopic (exact) mass is 345 g/mol. The van der Waals surface area contributed by atoms with Crippen molar-refractivity contribution in [2.24, 2.45) is 0 Å². The van der Waals surface area contributed by atoms with Crippen LogP contribution in [0.5, 0.6) is 0 Å². The van der Waals surface area contributed by atoms with Gasteiger partial charge in [0.15, 0.2) is 0 Å². The van der Waals surface area contributed by atoms with Gasteiger partial charge < -0.3 is 0 Å². The van der Waals surface area contributed by atoms with Gasteiger partial charge in [0, 0.05) is 18.0 Å². The highest BCUT2D eigenvalue weighted by molar-refractivity contribution is 9.10. The van der Waals surface area contributed by atoms with Gasteiger partial charge in [-0.1, -0.05) is 6.07 Å². The molecule has 0 amide bonds. The molecule has 2 aromatic heterocycles. The first-order valence-electron chi connectivity index (χ1n) is 6.53. The molecule has 106 valence electrons. The van der Waals surface area contributed by atoms with E-state index in [1.807, 2.05) is 29.9 Å². The predicted molar refractivity (Wildman–Crippen MR) is 83.4 cm³/mol. The molecular weight excluding hydrogens is 333 g/mol. The third-order valence-corrected chi connectivity index (χ3v) is 4.18. The molecule has 0 unspecified atom stereocenters. The van der Waals surface area contributed by atoms with E-state index < -0.39 is 0 Å². The Kier molecular flexibility index (Phi) is 3.84. The van der Waals surface area contributed by atoms with Crippen LogP contribution < -0.4 is 0 Å². The molecule has 21 heavy (non-hydrogen) atoms. The first kappa shape index (κ1) is 13.9. The molecule has 0 aliphatic rings. The zero-order valence-electron chi connectivity index (χ0n) is 11.4. The maximum absolute atomic E-state index is 13.1. The summed E-state index contributed by atoms with van der Waals surface area (Å²) < 4.78 is 15.9. The lowest BCUT2D eigenvalue weighted by molar-refractivity contribution is 0.627. The van der Waals surface area contributed by atoms with Crippen molar-refractivity contribution in [3.63, 3.8) is 0 Å². The summed E-state index contributed by atoms with van der Waals surface area (Å²) in [5.41, 5.74) is 3.83. The summed E-state index contributed by atoms with van der Waals surface area (Å²) in [5.74, 6) is -0.245. The smallest absolute Gasteiger partial charge is 0.123 e. The lowest BCUT2D eigenvalue weighted by Crippen LogP contribution is -2.04. The molecule has 1 aromatic carbocycles. The largest absolute Gasteiger partial charge is 0.264 e. The molecule has 0 saturated heterocycles. The third kappa shape index (κ3) is 2.88. The van der Waals surface area contributed by atoms with Crippen LogP contribution in [0.2, 0.25) is 0 Å². The number of hydrogen-bond acceptors (Lipinski definition) is 2. The molecule has 5 heteroatoms. The van der Waals surface area contributed by atoms with Crippen molar-refractivity contribution in [1.82, 2.24) is 14.8 Å². The van der Waals surface area contributed by atoms with Gasteiger partial charge in [-0.25, -0.2) is 4.39 Å². The molecule has 3 nitrogen and oxygen atoms in total. The van der Waals surface area contributed by atoms with Gasteiger partial charge in [-0.3, -0.25) is 9.67 Å². The lowest BCUT2D eigenvalue weighted by atomic mass is 10.1. The fourth-order valence-electron chi connectivity index (χ4n) is 2.22. The topological polar surface area (TPSA) is 30.7 Å². The summed E-state index contributed by atoms with van der Waals surface area (Å²) in [6.45, 7) is 2.56. The summed E-state index contributed by atoms with van der Waals surface area (Å²) >= 11 is 3.58. The number of pyridine rings is 1. The van der Waals surface area contributed by atoms with Crippen molar-refractivity contribution in [3.05, 3.63) is 70.3 Å². The minimum atomic E-state index is -0.245.